The average Bonchev–Trinajstić information content (AvgIpc) is 2.72. The summed E-state index contributed by atoms with van der Waals surface area (Å²) in [7, 11) is 0. The molecular formula is C18H20FNOSn. The Balaban J connectivity index is 2.24. The van der Waals surface area contributed by atoms with Gasteiger partial charge in [-0.15, -0.1) is 0 Å². The zero-order valence-corrected chi connectivity index (χ0v) is 16.3. The van der Waals surface area contributed by atoms with Crippen molar-refractivity contribution in [1.82, 2.24) is 0 Å². The van der Waals surface area contributed by atoms with E-state index >= 15 is 0 Å². The summed E-state index contributed by atoms with van der Waals surface area (Å²) in [5.41, 5.74) is 3.43. The zero-order chi connectivity index (χ0) is 16.1. The van der Waals surface area contributed by atoms with Crippen molar-refractivity contribution < 1.29 is 9.18 Å². The number of rotatable bonds is 2. The van der Waals surface area contributed by atoms with Gasteiger partial charge in [-0.3, -0.25) is 0 Å². The van der Waals surface area contributed by atoms with Gasteiger partial charge in [0.25, 0.3) is 0 Å². The van der Waals surface area contributed by atoms with Gasteiger partial charge < -0.3 is 0 Å². The molecule has 0 N–H and O–H groups in total. The molecule has 1 aliphatic rings. The molecular weight excluding hydrogens is 384 g/mol. The second-order valence-electron chi connectivity index (χ2n) is 6.92. The van der Waals surface area contributed by atoms with Gasteiger partial charge in [-0.2, -0.15) is 0 Å². The summed E-state index contributed by atoms with van der Waals surface area (Å²) in [4.78, 5) is 20.9. The molecule has 1 aliphatic heterocycles. The van der Waals surface area contributed by atoms with Crippen molar-refractivity contribution in [2.45, 2.75) is 28.2 Å². The van der Waals surface area contributed by atoms with Gasteiger partial charge in [-0.05, 0) is 0 Å². The fraction of sp³-hybridized carbons (Fsp3) is 0.278. The van der Waals surface area contributed by atoms with Crippen LogP contribution in [0.5, 0.6) is 0 Å². The Kier molecular flexibility index (Phi) is 3.79. The Bertz CT molecular complexity index is 764. The molecule has 114 valence electrons. The molecule has 0 bridgehead atoms. The van der Waals surface area contributed by atoms with E-state index in [0.717, 1.165) is 20.4 Å². The molecule has 2 aromatic carbocycles. The Morgan fingerprint density at radius 1 is 1.14 bits per heavy atom. The van der Waals surface area contributed by atoms with E-state index in [4.69, 9.17) is 0 Å². The van der Waals surface area contributed by atoms with Crippen LogP contribution in [-0.2, 0) is 11.2 Å². The van der Waals surface area contributed by atoms with Gasteiger partial charge in [0.2, 0.25) is 0 Å². The molecule has 1 amide bonds. The fourth-order valence-corrected chi connectivity index (χ4v) is 7.43. The van der Waals surface area contributed by atoms with Crippen LogP contribution in [0.4, 0.5) is 15.8 Å². The van der Waals surface area contributed by atoms with E-state index in [-0.39, 0.29) is 11.7 Å². The van der Waals surface area contributed by atoms with Gasteiger partial charge in [0.1, 0.15) is 0 Å². The van der Waals surface area contributed by atoms with Crippen LogP contribution in [0.1, 0.15) is 11.1 Å². The molecule has 0 aromatic heterocycles. The van der Waals surface area contributed by atoms with E-state index in [1.165, 1.54) is 6.07 Å². The average molecular weight is 404 g/mol. The predicted molar refractivity (Wildman–Crippen MR) is 91.4 cm³/mol. The second-order valence-corrected chi connectivity index (χ2v) is 21.3. The topological polar surface area (TPSA) is 20.3 Å². The molecule has 4 heteroatoms. The first-order valence-corrected chi connectivity index (χ1v) is 17.5. The number of aryl methyl sites for hydroxylation is 1. The number of carbonyl (C=O) groups excluding carboxylic acids is 1. The van der Waals surface area contributed by atoms with E-state index in [9.17, 15) is 9.18 Å². The molecule has 0 saturated heterocycles. The quantitative estimate of drug-likeness (QED) is 0.696. The molecule has 2 nitrogen and oxygen atoms in total. The standard InChI is InChI=1S/C15H11FNO.3CH3.Sn/c1-10-6-7-13-11(8-10)9-15(18)17(13)14-5-3-2-4-12(14)16;;;;/h2-4,6-8H,9H2,1H3;3*1H3;. The first-order chi connectivity index (χ1) is 10.3. The van der Waals surface area contributed by atoms with Crippen LogP contribution in [0.2, 0.25) is 14.8 Å². The van der Waals surface area contributed by atoms with Crippen LogP contribution in [0.15, 0.2) is 36.4 Å². The van der Waals surface area contributed by atoms with Crippen molar-refractivity contribution in [3.63, 3.8) is 0 Å². The Morgan fingerprint density at radius 2 is 1.86 bits per heavy atom. The van der Waals surface area contributed by atoms with E-state index in [2.05, 4.69) is 14.8 Å². The van der Waals surface area contributed by atoms with E-state index < -0.39 is 18.4 Å². The van der Waals surface area contributed by atoms with Crippen molar-refractivity contribution in [3.8, 4) is 0 Å². The molecule has 22 heavy (non-hydrogen) atoms. The first-order valence-electron chi connectivity index (χ1n) is 7.50. The maximum atomic E-state index is 14.6. The molecule has 0 unspecified atom stereocenters. The third-order valence-electron chi connectivity index (χ3n) is 4.09. The van der Waals surface area contributed by atoms with Gasteiger partial charge in [0.15, 0.2) is 0 Å². The van der Waals surface area contributed by atoms with Crippen molar-refractivity contribution in [2.75, 3.05) is 4.90 Å². The minimum atomic E-state index is -2.55. The zero-order valence-electron chi connectivity index (χ0n) is 13.4. The molecule has 0 atom stereocenters. The second kappa shape index (κ2) is 5.37. The van der Waals surface area contributed by atoms with Crippen molar-refractivity contribution in [3.05, 3.63) is 53.3 Å². The number of amides is 1. The SMILES string of the molecule is Cc1ccc2c(c1)CC(=O)N2c1c(F)ccc[c]1[Sn]([CH3])([CH3])[CH3]. The summed E-state index contributed by atoms with van der Waals surface area (Å²) in [6, 6.07) is 11.1. The third-order valence-corrected chi connectivity index (χ3v) is 9.85. The molecule has 1 heterocycles. The number of nitrogens with zero attached hydrogens (tertiary/aromatic N) is 1. The number of anilines is 2. The first kappa shape index (κ1) is 15.5. The van der Waals surface area contributed by atoms with Crippen molar-refractivity contribution >= 4 is 39.2 Å². The van der Waals surface area contributed by atoms with Gasteiger partial charge >= 0.3 is 135 Å². The van der Waals surface area contributed by atoms with Crippen LogP contribution >= 0.6 is 0 Å². The molecule has 0 radical (unpaired) electrons. The van der Waals surface area contributed by atoms with Crippen LogP contribution < -0.4 is 8.48 Å². The van der Waals surface area contributed by atoms with E-state index in [0.29, 0.717) is 12.1 Å². The van der Waals surface area contributed by atoms with Crippen molar-refractivity contribution in [2.24, 2.45) is 0 Å². The normalized spacial score (nSPS) is 14.4. The summed E-state index contributed by atoms with van der Waals surface area (Å²) in [5, 5.41) is 0. The molecule has 2 aromatic rings. The number of para-hydroxylation sites is 1. The van der Waals surface area contributed by atoms with Gasteiger partial charge in [0, 0.05) is 0 Å². The fourth-order valence-electron chi connectivity index (χ4n) is 3.04. The molecule has 0 spiro atoms. The molecule has 0 aliphatic carbocycles. The maximum absolute atomic E-state index is 14.6. The predicted octanol–water partition coefficient (Wildman–Crippen LogP) is 3.90. The molecule has 3 rings (SSSR count). The minimum absolute atomic E-state index is 0.0394. The Labute approximate surface area is 134 Å². The van der Waals surface area contributed by atoms with Crippen LogP contribution in [0, 0.1) is 12.7 Å². The van der Waals surface area contributed by atoms with Crippen LogP contribution in [0.25, 0.3) is 0 Å². The van der Waals surface area contributed by atoms with Gasteiger partial charge in [0.05, 0.1) is 0 Å². The van der Waals surface area contributed by atoms with Gasteiger partial charge in [-0.25, -0.2) is 0 Å². The Morgan fingerprint density at radius 3 is 2.55 bits per heavy atom. The van der Waals surface area contributed by atoms with Crippen LogP contribution in [-0.4, -0.2) is 24.3 Å². The number of fused-ring (bicyclic) bond motifs is 1. The molecule has 0 saturated carbocycles. The number of hydrogen-bond donors (Lipinski definition) is 0. The molecule has 0 fully saturated rings. The summed E-state index contributed by atoms with van der Waals surface area (Å²) in [6.07, 6.45) is 0.352. The summed E-state index contributed by atoms with van der Waals surface area (Å²) in [6.45, 7) is 2.01. The van der Waals surface area contributed by atoms with E-state index in [1.807, 2.05) is 31.2 Å². The number of carbonyl (C=O) groups is 1. The number of benzene rings is 2. The third kappa shape index (κ3) is 2.56. The van der Waals surface area contributed by atoms with Gasteiger partial charge in [-0.1, -0.05) is 0 Å². The van der Waals surface area contributed by atoms with Crippen molar-refractivity contribution in [1.29, 1.82) is 0 Å². The monoisotopic (exact) mass is 405 g/mol. The van der Waals surface area contributed by atoms with E-state index in [1.54, 1.807) is 11.0 Å². The summed E-state index contributed by atoms with van der Waals surface area (Å²) < 4.78 is 15.7. The van der Waals surface area contributed by atoms with Crippen LogP contribution in [0.3, 0.4) is 0 Å². The summed E-state index contributed by atoms with van der Waals surface area (Å²) in [5.74, 6) is -0.339. The number of hydrogen-bond acceptors (Lipinski definition) is 1. The summed E-state index contributed by atoms with van der Waals surface area (Å²) >= 11 is -2.55. The Hall–Kier alpha value is -1.36. The number of halogens is 1.